The zero-order valence-corrected chi connectivity index (χ0v) is 19.4. The average Bonchev–Trinajstić information content (AvgIpc) is 2.89. The number of hydrogen-bond donors (Lipinski definition) is 1. The van der Waals surface area contributed by atoms with Gasteiger partial charge in [-0.15, -0.1) is 10.2 Å². The molecule has 180 valence electrons. The molecule has 1 aliphatic rings. The highest BCUT2D eigenvalue weighted by atomic mass is 19.1. The summed E-state index contributed by atoms with van der Waals surface area (Å²) in [7, 11) is 0. The van der Waals surface area contributed by atoms with Gasteiger partial charge in [0.2, 0.25) is 0 Å². The Kier molecular flexibility index (Phi) is 6.17. The molecule has 0 bridgehead atoms. The Hall–Kier alpha value is -4.58. The van der Waals surface area contributed by atoms with Gasteiger partial charge < -0.3 is 15.1 Å². The van der Waals surface area contributed by atoms with Crippen molar-refractivity contribution in [2.75, 3.05) is 29.9 Å². The summed E-state index contributed by atoms with van der Waals surface area (Å²) >= 11 is 0. The second kappa shape index (κ2) is 9.58. The van der Waals surface area contributed by atoms with Gasteiger partial charge in [-0.05, 0) is 31.2 Å². The molecular formula is C27H22F2N6O. The van der Waals surface area contributed by atoms with E-state index in [1.807, 2.05) is 43.3 Å². The number of hydrogen-bond acceptors (Lipinski definition) is 5. The van der Waals surface area contributed by atoms with Crippen LogP contribution in [-0.2, 0) is 0 Å². The summed E-state index contributed by atoms with van der Waals surface area (Å²) in [5.74, 6) is -0.802. The number of halogens is 2. The third-order valence-corrected chi connectivity index (χ3v) is 6.32. The van der Waals surface area contributed by atoms with Crippen molar-refractivity contribution in [3.05, 3.63) is 83.9 Å². The maximum absolute atomic E-state index is 14.0. The van der Waals surface area contributed by atoms with Gasteiger partial charge in [-0.25, -0.2) is 13.6 Å². The summed E-state index contributed by atoms with van der Waals surface area (Å²) in [6.45, 7) is 3.32. The summed E-state index contributed by atoms with van der Waals surface area (Å²) in [6.07, 6.45) is 0. The number of nitrogens with one attached hydrogen (secondary N) is 1. The van der Waals surface area contributed by atoms with E-state index >= 15 is 0 Å². The number of nitrogens with zero attached hydrogens (tertiary/aromatic N) is 5. The minimum Gasteiger partial charge on any atom is -0.351 e. The zero-order valence-electron chi connectivity index (χ0n) is 19.4. The number of anilines is 2. The molecule has 4 aromatic rings. The molecule has 0 saturated carbocycles. The molecule has 0 spiro atoms. The Bertz CT molecular complexity index is 1480. The number of fused-ring (bicyclic) bond motifs is 1. The highest BCUT2D eigenvalue weighted by Crippen LogP contribution is 2.32. The van der Waals surface area contributed by atoms with E-state index in [0.29, 0.717) is 25.2 Å². The highest BCUT2D eigenvalue weighted by molar-refractivity contribution is 6.00. The summed E-state index contributed by atoms with van der Waals surface area (Å²) in [4.78, 5) is 16.5. The van der Waals surface area contributed by atoms with Gasteiger partial charge in [0.05, 0.1) is 17.3 Å². The van der Waals surface area contributed by atoms with E-state index in [9.17, 15) is 13.6 Å². The van der Waals surface area contributed by atoms with Crippen LogP contribution in [0.3, 0.4) is 0 Å². The lowest BCUT2D eigenvalue weighted by atomic mass is 10.0. The summed E-state index contributed by atoms with van der Waals surface area (Å²) < 4.78 is 27.2. The first-order chi connectivity index (χ1) is 17.4. The van der Waals surface area contributed by atoms with Gasteiger partial charge in [-0.3, -0.25) is 0 Å². The minimum atomic E-state index is -0.821. The number of benzene rings is 3. The van der Waals surface area contributed by atoms with E-state index in [-0.39, 0.29) is 11.7 Å². The number of piperazine rings is 1. The molecule has 5 rings (SSSR count). The van der Waals surface area contributed by atoms with Crippen LogP contribution in [0.4, 0.5) is 25.1 Å². The number of nitriles is 1. The average molecular weight is 485 g/mol. The number of amides is 2. The lowest BCUT2D eigenvalue weighted by Crippen LogP contribution is -2.55. The van der Waals surface area contributed by atoms with Crippen LogP contribution < -0.4 is 10.2 Å². The fourth-order valence-corrected chi connectivity index (χ4v) is 4.47. The van der Waals surface area contributed by atoms with Gasteiger partial charge in [-0.2, -0.15) is 5.26 Å². The van der Waals surface area contributed by atoms with Crippen LogP contribution in [0, 0.1) is 23.0 Å². The Morgan fingerprint density at radius 3 is 2.47 bits per heavy atom. The monoisotopic (exact) mass is 484 g/mol. The van der Waals surface area contributed by atoms with Crippen molar-refractivity contribution < 1.29 is 13.6 Å². The summed E-state index contributed by atoms with van der Waals surface area (Å²) in [5, 5.41) is 22.6. The van der Waals surface area contributed by atoms with Crippen molar-refractivity contribution in [3.63, 3.8) is 0 Å². The van der Waals surface area contributed by atoms with Crippen LogP contribution in [-0.4, -0.2) is 46.8 Å². The molecule has 1 N–H and O–H groups in total. The second-order valence-electron chi connectivity index (χ2n) is 8.65. The van der Waals surface area contributed by atoms with Gasteiger partial charge in [0, 0.05) is 48.1 Å². The smallest absolute Gasteiger partial charge is 0.322 e. The molecule has 1 unspecified atom stereocenters. The van der Waals surface area contributed by atoms with Crippen molar-refractivity contribution in [1.29, 1.82) is 5.26 Å². The normalized spacial score (nSPS) is 15.6. The van der Waals surface area contributed by atoms with Crippen molar-refractivity contribution >= 4 is 28.3 Å². The first kappa shape index (κ1) is 23.2. The summed E-state index contributed by atoms with van der Waals surface area (Å²) in [5.41, 5.74) is 2.11. The molecular weight excluding hydrogens is 462 g/mol. The molecule has 2 amide bonds. The van der Waals surface area contributed by atoms with E-state index in [0.717, 1.165) is 40.0 Å². The van der Waals surface area contributed by atoms with Gasteiger partial charge >= 0.3 is 6.03 Å². The molecule has 0 radical (unpaired) electrons. The number of rotatable bonds is 3. The minimum absolute atomic E-state index is 0.0636. The van der Waals surface area contributed by atoms with E-state index in [4.69, 9.17) is 5.26 Å². The number of aromatic nitrogens is 2. The van der Waals surface area contributed by atoms with Gasteiger partial charge in [0.15, 0.2) is 5.82 Å². The van der Waals surface area contributed by atoms with E-state index in [1.165, 1.54) is 6.07 Å². The topological polar surface area (TPSA) is 85.2 Å². The van der Waals surface area contributed by atoms with E-state index in [1.54, 1.807) is 17.0 Å². The molecule has 36 heavy (non-hydrogen) atoms. The number of carbonyl (C=O) groups excluding carboxylic acids is 1. The molecule has 0 aliphatic carbocycles. The van der Waals surface area contributed by atoms with Crippen molar-refractivity contribution in [3.8, 4) is 17.3 Å². The third kappa shape index (κ3) is 4.41. The number of urea groups is 1. The molecule has 1 aromatic heterocycles. The standard InChI is InChI=1S/C27H22F2N6O/c1-17-16-34(12-13-35(17)27(36)31-24-11-10-20(28)14-23(24)29)26-22-5-3-2-4-21(22)25(32-33-26)19-8-6-18(15-30)7-9-19/h2-11,14,17H,12-13,16H2,1H3,(H,31,36). The first-order valence-corrected chi connectivity index (χ1v) is 11.5. The molecule has 1 saturated heterocycles. The molecule has 2 heterocycles. The quantitative estimate of drug-likeness (QED) is 0.433. The first-order valence-electron chi connectivity index (χ1n) is 11.5. The predicted octanol–water partition coefficient (Wildman–Crippen LogP) is 5.19. The Morgan fingerprint density at radius 1 is 1.03 bits per heavy atom. The van der Waals surface area contributed by atoms with Crippen LogP contribution in [0.25, 0.3) is 22.0 Å². The lowest BCUT2D eigenvalue weighted by molar-refractivity contribution is 0.184. The Morgan fingerprint density at radius 2 is 1.78 bits per heavy atom. The van der Waals surface area contributed by atoms with Crippen molar-refractivity contribution in [2.24, 2.45) is 0 Å². The molecule has 3 aromatic carbocycles. The van der Waals surface area contributed by atoms with Crippen molar-refractivity contribution in [1.82, 2.24) is 15.1 Å². The van der Waals surface area contributed by atoms with Crippen molar-refractivity contribution in [2.45, 2.75) is 13.0 Å². The molecule has 1 atom stereocenters. The highest BCUT2D eigenvalue weighted by Gasteiger charge is 2.30. The van der Waals surface area contributed by atoms with Gasteiger partial charge in [0.25, 0.3) is 0 Å². The Balaban J connectivity index is 1.37. The fourth-order valence-electron chi connectivity index (χ4n) is 4.47. The lowest BCUT2D eigenvalue weighted by Gasteiger charge is -2.40. The van der Waals surface area contributed by atoms with Gasteiger partial charge in [-0.1, -0.05) is 36.4 Å². The molecule has 9 heteroatoms. The van der Waals surface area contributed by atoms with Crippen LogP contribution in [0.15, 0.2) is 66.7 Å². The molecule has 1 aliphatic heterocycles. The van der Waals surface area contributed by atoms with Crippen LogP contribution in [0.2, 0.25) is 0 Å². The second-order valence-corrected chi connectivity index (χ2v) is 8.65. The largest absolute Gasteiger partial charge is 0.351 e. The third-order valence-electron chi connectivity index (χ3n) is 6.32. The SMILES string of the molecule is CC1CN(c2nnc(-c3ccc(C#N)cc3)c3ccccc23)CCN1C(=O)Nc1ccc(F)cc1F. The summed E-state index contributed by atoms with van der Waals surface area (Å²) in [6, 6.07) is 19.6. The zero-order chi connectivity index (χ0) is 25.2. The molecule has 1 fully saturated rings. The van der Waals surface area contributed by atoms with Crippen LogP contribution in [0.1, 0.15) is 12.5 Å². The van der Waals surface area contributed by atoms with Crippen LogP contribution in [0.5, 0.6) is 0 Å². The maximum atomic E-state index is 14.0. The van der Waals surface area contributed by atoms with Crippen LogP contribution >= 0.6 is 0 Å². The maximum Gasteiger partial charge on any atom is 0.322 e. The fraction of sp³-hybridized carbons (Fsp3) is 0.185. The number of carbonyl (C=O) groups is 1. The van der Waals surface area contributed by atoms with Gasteiger partial charge in [0.1, 0.15) is 17.3 Å². The van der Waals surface area contributed by atoms with E-state index < -0.39 is 17.7 Å². The molecule has 7 nitrogen and oxygen atoms in total. The Labute approximate surface area is 206 Å². The predicted molar refractivity (Wildman–Crippen MR) is 133 cm³/mol. The van der Waals surface area contributed by atoms with E-state index in [2.05, 4.69) is 26.5 Å².